The molecule has 0 saturated carbocycles. The molecule has 14 heavy (non-hydrogen) atoms. The SMILES string of the molecule is CCC(P)CCC1=C(C)NN=CC1C. The molecule has 2 nitrogen and oxygen atoms in total. The van der Waals surface area contributed by atoms with Gasteiger partial charge in [-0.3, -0.25) is 5.43 Å². The predicted octanol–water partition coefficient (Wildman–Crippen LogP) is 2.92. The molecule has 0 aromatic heterocycles. The molecular formula is C11H21N2P. The first kappa shape index (κ1) is 11.7. The highest BCUT2D eigenvalue weighted by Gasteiger charge is 2.14. The van der Waals surface area contributed by atoms with Gasteiger partial charge < -0.3 is 0 Å². The molecule has 80 valence electrons. The van der Waals surface area contributed by atoms with E-state index in [0.29, 0.717) is 5.92 Å². The second kappa shape index (κ2) is 5.50. The van der Waals surface area contributed by atoms with Crippen molar-refractivity contribution in [1.82, 2.24) is 5.43 Å². The summed E-state index contributed by atoms with van der Waals surface area (Å²) in [6.45, 7) is 6.57. The standard InChI is InChI=1S/C11H21N2P/c1-4-10(14)5-6-11-8(2)7-12-13-9(11)3/h7-8,10,13H,4-6,14H2,1-3H3. The van der Waals surface area contributed by atoms with E-state index in [1.807, 2.05) is 6.21 Å². The molecule has 0 aromatic carbocycles. The molecule has 0 fully saturated rings. The van der Waals surface area contributed by atoms with Crippen molar-refractivity contribution in [1.29, 1.82) is 0 Å². The van der Waals surface area contributed by atoms with Gasteiger partial charge in [0, 0.05) is 17.8 Å². The zero-order chi connectivity index (χ0) is 10.6. The summed E-state index contributed by atoms with van der Waals surface area (Å²) in [7, 11) is 2.92. The van der Waals surface area contributed by atoms with Crippen LogP contribution < -0.4 is 5.43 Å². The fourth-order valence-electron chi connectivity index (χ4n) is 1.71. The lowest BCUT2D eigenvalue weighted by Gasteiger charge is -2.21. The number of nitrogens with one attached hydrogen (secondary N) is 1. The van der Waals surface area contributed by atoms with Gasteiger partial charge in [0.05, 0.1) is 0 Å². The maximum Gasteiger partial charge on any atom is 0.0316 e. The fourth-order valence-corrected chi connectivity index (χ4v) is 1.88. The third-order valence-electron chi connectivity index (χ3n) is 2.87. The topological polar surface area (TPSA) is 24.4 Å². The van der Waals surface area contributed by atoms with Crippen LogP contribution in [-0.4, -0.2) is 11.9 Å². The molecule has 0 saturated heterocycles. The van der Waals surface area contributed by atoms with Crippen molar-refractivity contribution in [2.45, 2.75) is 45.7 Å². The van der Waals surface area contributed by atoms with Crippen LogP contribution in [0, 0.1) is 5.92 Å². The molecule has 0 aromatic rings. The molecule has 0 bridgehead atoms. The minimum atomic E-state index is 0.505. The van der Waals surface area contributed by atoms with E-state index in [0.717, 1.165) is 5.66 Å². The van der Waals surface area contributed by atoms with Crippen LogP contribution in [-0.2, 0) is 0 Å². The van der Waals surface area contributed by atoms with Crippen molar-refractivity contribution in [3.63, 3.8) is 0 Å². The van der Waals surface area contributed by atoms with Gasteiger partial charge in [0.2, 0.25) is 0 Å². The maximum absolute atomic E-state index is 4.10. The van der Waals surface area contributed by atoms with Crippen molar-refractivity contribution in [2.24, 2.45) is 11.0 Å². The first-order valence-corrected chi connectivity index (χ1v) is 6.06. The molecule has 1 rings (SSSR count). The smallest absolute Gasteiger partial charge is 0.0316 e. The van der Waals surface area contributed by atoms with Gasteiger partial charge in [-0.05, 0) is 37.4 Å². The predicted molar refractivity (Wildman–Crippen MR) is 66.5 cm³/mol. The van der Waals surface area contributed by atoms with Crippen LogP contribution in [0.5, 0.6) is 0 Å². The number of hydrogen-bond acceptors (Lipinski definition) is 2. The second-order valence-corrected chi connectivity index (χ2v) is 4.98. The van der Waals surface area contributed by atoms with Crippen molar-refractivity contribution < 1.29 is 0 Å². The van der Waals surface area contributed by atoms with Crippen LogP contribution in [0.4, 0.5) is 0 Å². The average molecular weight is 212 g/mol. The van der Waals surface area contributed by atoms with E-state index in [4.69, 9.17) is 0 Å². The highest BCUT2D eigenvalue weighted by atomic mass is 31.0. The van der Waals surface area contributed by atoms with Crippen molar-refractivity contribution in [2.75, 3.05) is 0 Å². The Morgan fingerprint density at radius 2 is 2.36 bits per heavy atom. The molecule has 1 aliphatic rings. The molecule has 0 amide bonds. The Morgan fingerprint density at radius 1 is 1.64 bits per heavy atom. The molecule has 3 heteroatoms. The van der Waals surface area contributed by atoms with E-state index in [2.05, 4.69) is 40.5 Å². The number of allylic oxidation sites excluding steroid dienone is 2. The lowest BCUT2D eigenvalue weighted by molar-refractivity contribution is 0.664. The number of hydrogen-bond donors (Lipinski definition) is 1. The van der Waals surface area contributed by atoms with Gasteiger partial charge in [0.15, 0.2) is 0 Å². The Morgan fingerprint density at radius 3 is 2.93 bits per heavy atom. The molecule has 3 unspecified atom stereocenters. The Kier molecular flexibility index (Phi) is 4.60. The third kappa shape index (κ3) is 3.09. The normalized spacial score (nSPS) is 23.6. The van der Waals surface area contributed by atoms with E-state index >= 15 is 0 Å². The Bertz CT molecular complexity index is 246. The lowest BCUT2D eigenvalue weighted by Crippen LogP contribution is -2.18. The Labute approximate surface area is 89.4 Å². The van der Waals surface area contributed by atoms with Gasteiger partial charge in [-0.1, -0.05) is 13.8 Å². The van der Waals surface area contributed by atoms with Crippen molar-refractivity contribution in [3.05, 3.63) is 11.3 Å². The zero-order valence-corrected chi connectivity index (χ0v) is 10.5. The van der Waals surface area contributed by atoms with Crippen LogP contribution in [0.25, 0.3) is 0 Å². The molecule has 0 spiro atoms. The first-order valence-electron chi connectivity index (χ1n) is 5.39. The summed E-state index contributed by atoms with van der Waals surface area (Å²) in [6.07, 6.45) is 5.68. The van der Waals surface area contributed by atoms with Crippen LogP contribution in [0.3, 0.4) is 0 Å². The largest absolute Gasteiger partial charge is 0.283 e. The molecule has 3 atom stereocenters. The molecular weight excluding hydrogens is 191 g/mol. The maximum atomic E-state index is 4.10. The van der Waals surface area contributed by atoms with Crippen LogP contribution >= 0.6 is 9.24 Å². The number of rotatable bonds is 4. The van der Waals surface area contributed by atoms with Crippen molar-refractivity contribution in [3.8, 4) is 0 Å². The quantitative estimate of drug-likeness (QED) is 0.712. The molecule has 0 aliphatic carbocycles. The zero-order valence-electron chi connectivity index (χ0n) is 9.38. The van der Waals surface area contributed by atoms with Crippen molar-refractivity contribution >= 4 is 15.5 Å². The molecule has 1 N–H and O–H groups in total. The van der Waals surface area contributed by atoms with Gasteiger partial charge in [-0.25, -0.2) is 0 Å². The summed E-state index contributed by atoms with van der Waals surface area (Å²) >= 11 is 0. The molecule has 1 aliphatic heterocycles. The van der Waals surface area contributed by atoms with E-state index < -0.39 is 0 Å². The monoisotopic (exact) mass is 212 g/mol. The molecule has 0 radical (unpaired) electrons. The summed E-state index contributed by atoms with van der Waals surface area (Å²) in [5, 5.41) is 4.10. The second-order valence-electron chi connectivity index (χ2n) is 4.04. The minimum Gasteiger partial charge on any atom is -0.283 e. The summed E-state index contributed by atoms with van der Waals surface area (Å²) in [5.74, 6) is 0.505. The summed E-state index contributed by atoms with van der Waals surface area (Å²) in [4.78, 5) is 0. The van der Waals surface area contributed by atoms with E-state index in [-0.39, 0.29) is 0 Å². The van der Waals surface area contributed by atoms with Gasteiger partial charge in [-0.2, -0.15) is 5.10 Å². The fraction of sp³-hybridized carbons (Fsp3) is 0.727. The Balaban J connectivity index is 2.50. The number of hydrazone groups is 1. The van der Waals surface area contributed by atoms with Crippen LogP contribution in [0.15, 0.2) is 16.4 Å². The van der Waals surface area contributed by atoms with E-state index in [1.165, 1.54) is 30.5 Å². The summed E-state index contributed by atoms with van der Waals surface area (Å²) in [5.41, 5.74) is 6.56. The van der Waals surface area contributed by atoms with Crippen LogP contribution in [0.2, 0.25) is 0 Å². The Hall–Kier alpha value is -0.360. The average Bonchev–Trinajstić information content (AvgIpc) is 2.16. The lowest BCUT2D eigenvalue weighted by atomic mass is 9.94. The van der Waals surface area contributed by atoms with Gasteiger partial charge in [-0.15, -0.1) is 9.24 Å². The van der Waals surface area contributed by atoms with Gasteiger partial charge in [0.1, 0.15) is 0 Å². The molecule has 1 heterocycles. The minimum absolute atomic E-state index is 0.505. The third-order valence-corrected chi connectivity index (χ3v) is 3.68. The summed E-state index contributed by atoms with van der Waals surface area (Å²) < 4.78 is 0. The van der Waals surface area contributed by atoms with Gasteiger partial charge in [0.25, 0.3) is 0 Å². The van der Waals surface area contributed by atoms with E-state index in [1.54, 1.807) is 0 Å². The first-order chi connectivity index (χ1) is 6.65. The highest BCUT2D eigenvalue weighted by Crippen LogP contribution is 2.24. The van der Waals surface area contributed by atoms with Crippen LogP contribution in [0.1, 0.15) is 40.0 Å². The van der Waals surface area contributed by atoms with Gasteiger partial charge >= 0.3 is 0 Å². The highest BCUT2D eigenvalue weighted by molar-refractivity contribution is 7.17. The van der Waals surface area contributed by atoms with E-state index in [9.17, 15) is 0 Å². The summed E-state index contributed by atoms with van der Waals surface area (Å²) in [6, 6.07) is 0. The number of nitrogens with zero attached hydrogens (tertiary/aromatic N) is 1.